The molecule has 3 aromatic rings. The van der Waals surface area contributed by atoms with Crippen molar-refractivity contribution >= 4 is 22.4 Å². The van der Waals surface area contributed by atoms with Gasteiger partial charge in [0.2, 0.25) is 5.91 Å². The minimum Gasteiger partial charge on any atom is -0.493 e. The summed E-state index contributed by atoms with van der Waals surface area (Å²) < 4.78 is 11.4. The number of thiazole rings is 1. The molecule has 0 unspecified atom stereocenters. The van der Waals surface area contributed by atoms with Gasteiger partial charge in [-0.25, -0.2) is 4.98 Å². The fraction of sp³-hybridized carbons (Fsp3) is 0.304. The number of amides is 1. The number of anilines is 1. The van der Waals surface area contributed by atoms with Crippen molar-refractivity contribution in [3.8, 4) is 22.8 Å². The molecule has 5 nitrogen and oxygen atoms in total. The summed E-state index contributed by atoms with van der Waals surface area (Å²) in [5.74, 6) is 1.64. The number of hydrogen-bond donors (Lipinski definition) is 1. The number of rotatable bonds is 9. The number of benzene rings is 2. The first-order valence-corrected chi connectivity index (χ1v) is 10.6. The Labute approximate surface area is 175 Å². The van der Waals surface area contributed by atoms with E-state index in [-0.39, 0.29) is 12.0 Å². The Bertz CT molecular complexity index is 935. The zero-order valence-electron chi connectivity index (χ0n) is 17.0. The van der Waals surface area contributed by atoms with Crippen LogP contribution in [0.15, 0.2) is 53.9 Å². The van der Waals surface area contributed by atoms with Crippen molar-refractivity contribution in [2.45, 2.75) is 39.7 Å². The first-order valence-electron chi connectivity index (χ1n) is 9.72. The van der Waals surface area contributed by atoms with Crippen molar-refractivity contribution < 1.29 is 14.3 Å². The molecule has 29 heavy (non-hydrogen) atoms. The van der Waals surface area contributed by atoms with Crippen molar-refractivity contribution in [3.63, 3.8) is 0 Å². The van der Waals surface area contributed by atoms with Gasteiger partial charge in [-0.3, -0.25) is 4.79 Å². The Kier molecular flexibility index (Phi) is 7.25. The molecule has 0 aliphatic heterocycles. The summed E-state index contributed by atoms with van der Waals surface area (Å²) in [5, 5.41) is 5.41. The number of carbonyl (C=O) groups is 1. The molecular weight excluding hydrogens is 384 g/mol. The lowest BCUT2D eigenvalue weighted by atomic mass is 10.2. The molecule has 1 aromatic heterocycles. The van der Waals surface area contributed by atoms with Crippen LogP contribution in [0.5, 0.6) is 11.5 Å². The van der Waals surface area contributed by atoms with Crippen molar-refractivity contribution in [1.82, 2.24) is 4.98 Å². The second-order valence-corrected chi connectivity index (χ2v) is 7.85. The first-order chi connectivity index (χ1) is 14.0. The first kappa shape index (κ1) is 20.9. The molecule has 6 heteroatoms. The Hall–Kier alpha value is -2.86. The van der Waals surface area contributed by atoms with Gasteiger partial charge >= 0.3 is 0 Å². The highest BCUT2D eigenvalue weighted by molar-refractivity contribution is 7.14. The number of nitrogens with zero attached hydrogens (tertiary/aromatic N) is 1. The number of aryl methyl sites for hydroxylation is 1. The van der Waals surface area contributed by atoms with Crippen molar-refractivity contribution in [2.24, 2.45) is 0 Å². The van der Waals surface area contributed by atoms with E-state index in [2.05, 4.69) is 10.3 Å². The van der Waals surface area contributed by atoms with Crippen molar-refractivity contribution in [2.75, 3.05) is 11.9 Å². The van der Waals surface area contributed by atoms with E-state index in [4.69, 9.17) is 9.47 Å². The molecule has 0 aliphatic carbocycles. The maximum Gasteiger partial charge on any atom is 0.226 e. The standard InChI is InChI=1S/C23H26N2O3S/c1-16(2)28-19-12-10-18(11-13-19)20-15-29-23(24-20)25-22(26)9-6-14-27-21-8-5-4-7-17(21)3/h4-5,7-8,10-13,15-16H,6,9,14H2,1-3H3,(H,24,25,26). The van der Waals surface area contributed by atoms with Crippen LogP contribution in [-0.2, 0) is 4.79 Å². The Morgan fingerprint density at radius 1 is 1.14 bits per heavy atom. The molecule has 3 rings (SSSR count). The number of ether oxygens (including phenoxy) is 2. The van der Waals surface area contributed by atoms with Gasteiger partial charge in [-0.2, -0.15) is 0 Å². The zero-order valence-corrected chi connectivity index (χ0v) is 17.8. The maximum absolute atomic E-state index is 12.2. The van der Waals surface area contributed by atoms with Crippen LogP contribution in [0.2, 0.25) is 0 Å². The molecule has 2 aromatic carbocycles. The van der Waals surface area contributed by atoms with Crippen LogP contribution in [0.4, 0.5) is 5.13 Å². The van der Waals surface area contributed by atoms with Crippen LogP contribution in [0, 0.1) is 6.92 Å². The molecule has 1 amide bonds. The highest BCUT2D eigenvalue weighted by atomic mass is 32.1. The summed E-state index contributed by atoms with van der Waals surface area (Å²) in [5.41, 5.74) is 2.92. The van der Waals surface area contributed by atoms with E-state index in [0.717, 1.165) is 28.3 Å². The molecule has 0 atom stereocenters. The van der Waals surface area contributed by atoms with Crippen LogP contribution in [0.3, 0.4) is 0 Å². The number of para-hydroxylation sites is 1. The normalized spacial score (nSPS) is 10.8. The summed E-state index contributed by atoms with van der Waals surface area (Å²) in [4.78, 5) is 16.7. The quantitative estimate of drug-likeness (QED) is 0.460. The molecule has 1 heterocycles. The molecule has 0 radical (unpaired) electrons. The summed E-state index contributed by atoms with van der Waals surface area (Å²) in [7, 11) is 0. The molecule has 0 saturated heterocycles. The highest BCUT2D eigenvalue weighted by Gasteiger charge is 2.09. The Balaban J connectivity index is 1.45. The topological polar surface area (TPSA) is 60.5 Å². The van der Waals surface area contributed by atoms with Gasteiger partial charge < -0.3 is 14.8 Å². The van der Waals surface area contributed by atoms with E-state index < -0.39 is 0 Å². The van der Waals surface area contributed by atoms with Gasteiger partial charge in [-0.15, -0.1) is 11.3 Å². The fourth-order valence-electron chi connectivity index (χ4n) is 2.76. The Morgan fingerprint density at radius 2 is 1.90 bits per heavy atom. The van der Waals surface area contributed by atoms with Gasteiger partial charge in [0.15, 0.2) is 5.13 Å². The van der Waals surface area contributed by atoms with E-state index in [0.29, 0.717) is 24.6 Å². The van der Waals surface area contributed by atoms with Gasteiger partial charge in [0, 0.05) is 17.4 Å². The predicted octanol–water partition coefficient (Wildman–Crippen LogP) is 5.70. The summed E-state index contributed by atoms with van der Waals surface area (Å²) in [6.45, 7) is 6.51. The third-order valence-corrected chi connectivity index (χ3v) is 4.93. The maximum atomic E-state index is 12.2. The zero-order chi connectivity index (χ0) is 20.6. The van der Waals surface area contributed by atoms with E-state index in [9.17, 15) is 4.79 Å². The summed E-state index contributed by atoms with van der Waals surface area (Å²) in [6.07, 6.45) is 1.18. The lowest BCUT2D eigenvalue weighted by molar-refractivity contribution is -0.116. The average molecular weight is 411 g/mol. The summed E-state index contributed by atoms with van der Waals surface area (Å²) >= 11 is 1.42. The number of carbonyl (C=O) groups excluding carboxylic acids is 1. The van der Waals surface area contributed by atoms with Gasteiger partial charge in [0.25, 0.3) is 0 Å². The highest BCUT2D eigenvalue weighted by Crippen LogP contribution is 2.27. The Morgan fingerprint density at radius 3 is 2.62 bits per heavy atom. The van der Waals surface area contributed by atoms with Crippen LogP contribution < -0.4 is 14.8 Å². The molecule has 1 N–H and O–H groups in total. The fourth-order valence-corrected chi connectivity index (χ4v) is 3.49. The van der Waals surface area contributed by atoms with E-state index >= 15 is 0 Å². The molecule has 0 spiro atoms. The van der Waals surface area contributed by atoms with Crippen molar-refractivity contribution in [3.05, 3.63) is 59.5 Å². The minimum absolute atomic E-state index is 0.0556. The number of hydrogen-bond acceptors (Lipinski definition) is 5. The van der Waals surface area contributed by atoms with Gasteiger partial charge in [0.05, 0.1) is 18.4 Å². The van der Waals surface area contributed by atoms with Gasteiger partial charge in [0.1, 0.15) is 11.5 Å². The van der Waals surface area contributed by atoms with E-state index in [1.165, 1.54) is 11.3 Å². The lowest BCUT2D eigenvalue weighted by Crippen LogP contribution is -2.12. The van der Waals surface area contributed by atoms with Gasteiger partial charge in [-0.05, 0) is 63.1 Å². The second kappa shape index (κ2) is 10.1. The van der Waals surface area contributed by atoms with Crippen LogP contribution in [0.25, 0.3) is 11.3 Å². The third kappa shape index (κ3) is 6.32. The van der Waals surface area contributed by atoms with E-state index in [1.54, 1.807) is 0 Å². The molecule has 0 fully saturated rings. The second-order valence-electron chi connectivity index (χ2n) is 6.99. The van der Waals surface area contributed by atoms with Crippen molar-refractivity contribution in [1.29, 1.82) is 0 Å². The number of aromatic nitrogens is 1. The average Bonchev–Trinajstić information content (AvgIpc) is 3.15. The molecule has 152 valence electrons. The van der Waals surface area contributed by atoms with E-state index in [1.807, 2.05) is 74.7 Å². The monoisotopic (exact) mass is 410 g/mol. The largest absolute Gasteiger partial charge is 0.493 e. The predicted molar refractivity (Wildman–Crippen MR) is 118 cm³/mol. The smallest absolute Gasteiger partial charge is 0.226 e. The molecule has 0 bridgehead atoms. The molecule has 0 saturated carbocycles. The minimum atomic E-state index is -0.0556. The van der Waals surface area contributed by atoms with Crippen LogP contribution in [0.1, 0.15) is 32.3 Å². The summed E-state index contributed by atoms with van der Waals surface area (Å²) in [6, 6.07) is 15.7. The van der Waals surface area contributed by atoms with Crippen LogP contribution >= 0.6 is 11.3 Å². The van der Waals surface area contributed by atoms with Gasteiger partial charge in [-0.1, -0.05) is 18.2 Å². The number of nitrogens with one attached hydrogen (secondary N) is 1. The lowest BCUT2D eigenvalue weighted by Gasteiger charge is -2.09. The van der Waals surface area contributed by atoms with Crippen LogP contribution in [-0.4, -0.2) is 23.6 Å². The molecule has 0 aliphatic rings. The molecular formula is C23H26N2O3S. The third-order valence-electron chi connectivity index (χ3n) is 4.17. The SMILES string of the molecule is Cc1ccccc1OCCCC(=O)Nc1nc(-c2ccc(OC(C)C)cc2)cs1.